The van der Waals surface area contributed by atoms with E-state index in [0.717, 1.165) is 10.8 Å². The first kappa shape index (κ1) is 15.8. The fraction of sp³-hybridized carbons (Fsp3) is 0.364. The van der Waals surface area contributed by atoms with E-state index in [1.54, 1.807) is 21.8 Å². The Morgan fingerprint density at radius 1 is 1.57 bits per heavy atom. The average molecular weight is 343 g/mol. The highest BCUT2D eigenvalue weighted by Crippen LogP contribution is 2.28. The van der Waals surface area contributed by atoms with Crippen LogP contribution in [0.2, 0.25) is 0 Å². The first-order chi connectivity index (χ1) is 11.1. The predicted molar refractivity (Wildman–Crippen MR) is 75.5 cm³/mol. The van der Waals surface area contributed by atoms with Crippen molar-refractivity contribution in [2.45, 2.75) is 12.5 Å². The molecule has 1 saturated heterocycles. The highest BCUT2D eigenvalue weighted by molar-refractivity contribution is 7.89. The minimum atomic E-state index is -0.463. The fourth-order valence-electron chi connectivity index (χ4n) is 2.47. The van der Waals surface area contributed by atoms with Gasteiger partial charge in [-0.25, -0.2) is 14.7 Å². The minimum Gasteiger partial charge on any atom is -0.369 e. The molecule has 0 spiro atoms. The molecule has 124 valence electrons. The number of carbonyl (C=O) groups is 2. The van der Waals surface area contributed by atoms with Crippen LogP contribution in [-0.2, 0) is 24.9 Å². The molecule has 0 aliphatic carbocycles. The molecule has 0 radical (unpaired) electrons. The molecule has 3 rings (SSSR count). The molecule has 23 heavy (non-hydrogen) atoms. The van der Waals surface area contributed by atoms with Crippen LogP contribution in [0.1, 0.15) is 5.69 Å². The third-order valence-electron chi connectivity index (χ3n) is 3.37. The van der Waals surface area contributed by atoms with Gasteiger partial charge in [-0.05, 0) is 12.1 Å². The molecule has 12 heteroatoms. The third-order valence-corrected chi connectivity index (χ3v) is 3.71. The van der Waals surface area contributed by atoms with Crippen LogP contribution in [0.25, 0.3) is 5.70 Å². The normalized spacial score (nSPS) is 20.1. The van der Waals surface area contributed by atoms with Crippen molar-refractivity contribution in [1.82, 2.24) is 19.7 Å². The predicted octanol–water partition coefficient (Wildman–Crippen LogP) is -0.212. The SMILES string of the molecule is NC(=O)Cc1ccn(C2=CC3CN(C2)C(=O)N3OSOOO)n1. The zero-order valence-electron chi connectivity index (χ0n) is 11.7. The summed E-state index contributed by atoms with van der Waals surface area (Å²) < 4.78 is 10.7. The number of urea groups is 1. The molecule has 0 aromatic carbocycles. The Hall–Kier alpha value is -2.12. The molecule has 2 aliphatic rings. The van der Waals surface area contributed by atoms with E-state index < -0.39 is 5.91 Å². The summed E-state index contributed by atoms with van der Waals surface area (Å²) in [6, 6.07) is 1.00. The van der Waals surface area contributed by atoms with Gasteiger partial charge in [0.15, 0.2) is 0 Å². The summed E-state index contributed by atoms with van der Waals surface area (Å²) >= 11 is 0.314. The average Bonchev–Trinajstić information content (AvgIpc) is 3.05. The van der Waals surface area contributed by atoms with E-state index in [-0.39, 0.29) is 18.5 Å². The number of aromatic nitrogens is 2. The van der Waals surface area contributed by atoms with Crippen LogP contribution in [0.4, 0.5) is 4.79 Å². The summed E-state index contributed by atoms with van der Waals surface area (Å²) in [4.78, 5) is 24.6. The quantitative estimate of drug-likeness (QED) is 0.301. The Morgan fingerprint density at radius 2 is 2.39 bits per heavy atom. The van der Waals surface area contributed by atoms with Gasteiger partial charge in [-0.1, -0.05) is 5.04 Å². The van der Waals surface area contributed by atoms with Crippen molar-refractivity contribution >= 4 is 30.0 Å². The molecule has 2 aliphatic heterocycles. The Labute approximate surface area is 134 Å². The molecule has 0 saturated carbocycles. The Kier molecular flexibility index (Phi) is 4.49. The second-order valence-corrected chi connectivity index (χ2v) is 5.32. The summed E-state index contributed by atoms with van der Waals surface area (Å²) in [5.74, 6) is -0.463. The maximum Gasteiger partial charge on any atom is 0.346 e. The van der Waals surface area contributed by atoms with Crippen molar-refractivity contribution in [2.75, 3.05) is 13.1 Å². The monoisotopic (exact) mass is 343 g/mol. The van der Waals surface area contributed by atoms with Crippen molar-refractivity contribution in [2.24, 2.45) is 5.73 Å². The molecule has 2 bridgehead atoms. The van der Waals surface area contributed by atoms with Gasteiger partial charge in [-0.15, -0.1) is 4.33 Å². The molecule has 3 amide bonds. The molecule has 1 unspecified atom stereocenters. The fourth-order valence-corrected chi connectivity index (χ4v) is 2.76. The topological polar surface area (TPSA) is 132 Å². The van der Waals surface area contributed by atoms with Gasteiger partial charge >= 0.3 is 6.03 Å². The number of fused-ring (bicyclic) bond motifs is 2. The maximum atomic E-state index is 12.1. The summed E-state index contributed by atoms with van der Waals surface area (Å²) in [5.41, 5.74) is 6.45. The lowest BCUT2D eigenvalue weighted by atomic mass is 10.2. The zero-order chi connectivity index (χ0) is 16.4. The smallest absolute Gasteiger partial charge is 0.346 e. The molecule has 1 fully saturated rings. The van der Waals surface area contributed by atoms with Crippen LogP contribution in [0.3, 0.4) is 0 Å². The molecule has 1 aromatic heterocycles. The first-order valence-corrected chi connectivity index (χ1v) is 7.18. The largest absolute Gasteiger partial charge is 0.369 e. The number of nitrogens with zero attached hydrogens (tertiary/aromatic N) is 4. The second-order valence-electron chi connectivity index (χ2n) is 4.89. The van der Waals surface area contributed by atoms with Gasteiger partial charge in [0.05, 0.1) is 24.4 Å². The number of hydrogen-bond acceptors (Lipinski definition) is 8. The summed E-state index contributed by atoms with van der Waals surface area (Å²) in [6.07, 6.45) is 3.57. The Bertz CT molecular complexity index is 649. The summed E-state index contributed by atoms with van der Waals surface area (Å²) in [6.45, 7) is 0.799. The molecule has 1 aromatic rings. The summed E-state index contributed by atoms with van der Waals surface area (Å²) in [7, 11) is 0. The lowest BCUT2D eigenvalue weighted by molar-refractivity contribution is -0.435. The molecular formula is C11H13N5O6S. The van der Waals surface area contributed by atoms with Gasteiger partial charge in [0.1, 0.15) is 6.04 Å². The number of carbonyl (C=O) groups excluding carboxylic acids is 2. The van der Waals surface area contributed by atoms with E-state index in [4.69, 9.17) is 15.3 Å². The van der Waals surface area contributed by atoms with Crippen LogP contribution in [-0.4, -0.2) is 56.1 Å². The van der Waals surface area contributed by atoms with Crippen LogP contribution in [0.15, 0.2) is 18.3 Å². The summed E-state index contributed by atoms with van der Waals surface area (Å²) in [5, 5.41) is 16.8. The number of hydrogen-bond donors (Lipinski definition) is 2. The van der Waals surface area contributed by atoms with Crippen LogP contribution in [0.5, 0.6) is 0 Å². The molecule has 3 N–H and O–H groups in total. The number of primary amides is 1. The van der Waals surface area contributed by atoms with E-state index in [2.05, 4.69) is 14.5 Å². The molecule has 1 atom stereocenters. The van der Waals surface area contributed by atoms with Crippen molar-refractivity contribution in [3.8, 4) is 0 Å². The van der Waals surface area contributed by atoms with Crippen LogP contribution in [0, 0.1) is 0 Å². The van der Waals surface area contributed by atoms with Crippen molar-refractivity contribution in [1.29, 1.82) is 0 Å². The number of rotatable bonds is 7. The van der Waals surface area contributed by atoms with Gasteiger partial charge < -0.3 is 10.6 Å². The van der Waals surface area contributed by atoms with Gasteiger partial charge in [0, 0.05) is 12.7 Å². The number of amides is 3. The minimum absolute atomic E-state index is 0.0523. The van der Waals surface area contributed by atoms with E-state index >= 15 is 0 Å². The number of nitrogens with two attached hydrogens (primary N) is 1. The van der Waals surface area contributed by atoms with E-state index in [1.165, 1.54) is 0 Å². The molecule has 11 nitrogen and oxygen atoms in total. The van der Waals surface area contributed by atoms with E-state index in [0.29, 0.717) is 31.1 Å². The van der Waals surface area contributed by atoms with Crippen molar-refractivity contribution in [3.05, 3.63) is 24.0 Å². The molecular weight excluding hydrogens is 330 g/mol. The lowest BCUT2D eigenvalue weighted by Gasteiger charge is -2.21. The zero-order valence-corrected chi connectivity index (χ0v) is 12.5. The van der Waals surface area contributed by atoms with E-state index in [1.807, 2.05) is 6.08 Å². The maximum absolute atomic E-state index is 12.1. The van der Waals surface area contributed by atoms with Gasteiger partial charge in [0.25, 0.3) is 0 Å². The highest BCUT2D eigenvalue weighted by Gasteiger charge is 2.42. The highest BCUT2D eigenvalue weighted by atomic mass is 32.2. The third kappa shape index (κ3) is 3.30. The standard InChI is InChI=1S/C11H13N5O6S/c12-10(17)3-7-1-2-15(13-7)8-4-9-6-14(5-8)11(18)16(9)20-23-22-21-19/h1-2,4,9,19H,3,5-6H2,(H2,12,17). The Morgan fingerprint density at radius 3 is 3.13 bits per heavy atom. The van der Waals surface area contributed by atoms with Gasteiger partial charge in [0.2, 0.25) is 18.2 Å². The number of hydroxylamine groups is 2. The van der Waals surface area contributed by atoms with Crippen molar-refractivity contribution < 1.29 is 28.5 Å². The first-order valence-electron chi connectivity index (χ1n) is 6.52. The molecule has 3 heterocycles. The second kappa shape index (κ2) is 6.55. The van der Waals surface area contributed by atoms with E-state index in [9.17, 15) is 9.59 Å². The van der Waals surface area contributed by atoms with Crippen LogP contribution >= 0.6 is 12.3 Å². The van der Waals surface area contributed by atoms with Crippen LogP contribution < -0.4 is 5.73 Å². The Balaban J connectivity index is 1.73. The lowest BCUT2D eigenvalue weighted by Crippen LogP contribution is -2.32. The van der Waals surface area contributed by atoms with Crippen molar-refractivity contribution in [3.63, 3.8) is 0 Å². The van der Waals surface area contributed by atoms with Gasteiger partial charge in [-0.2, -0.15) is 14.4 Å². The van der Waals surface area contributed by atoms with Gasteiger partial charge in [-0.3, -0.25) is 4.79 Å².